The van der Waals surface area contributed by atoms with Crippen LogP contribution in [0.5, 0.6) is 0 Å². The molecule has 3 aromatic carbocycles. The highest BCUT2D eigenvalue weighted by molar-refractivity contribution is 7.99. The fourth-order valence-corrected chi connectivity index (χ4v) is 4.07. The topological polar surface area (TPSA) is 76.0 Å². The van der Waals surface area contributed by atoms with Crippen molar-refractivity contribution in [3.05, 3.63) is 108 Å². The number of carbonyl (C=O) groups excluding carboxylic acids is 2. The van der Waals surface area contributed by atoms with Crippen molar-refractivity contribution in [2.45, 2.75) is 18.6 Å². The van der Waals surface area contributed by atoms with Crippen LogP contribution in [0.25, 0.3) is 5.69 Å². The summed E-state index contributed by atoms with van der Waals surface area (Å²) in [6.07, 6.45) is 3.51. The minimum atomic E-state index is -0.146. The first-order chi connectivity index (χ1) is 16.1. The third-order valence-corrected chi connectivity index (χ3v) is 6.01. The number of carbonyl (C=O) groups is 2. The number of anilines is 1. The van der Waals surface area contributed by atoms with Crippen molar-refractivity contribution >= 4 is 29.3 Å². The van der Waals surface area contributed by atoms with Crippen molar-refractivity contribution in [3.8, 4) is 5.69 Å². The number of nitrogens with one attached hydrogen (secondary N) is 2. The number of imidazole rings is 1. The van der Waals surface area contributed by atoms with Crippen LogP contribution in [-0.2, 0) is 11.3 Å². The van der Waals surface area contributed by atoms with Gasteiger partial charge in [-0.3, -0.25) is 14.2 Å². The van der Waals surface area contributed by atoms with Gasteiger partial charge in [-0.15, -0.1) is 0 Å². The molecule has 0 aliphatic carbocycles. The molecule has 0 radical (unpaired) electrons. The number of thioether (sulfide) groups is 1. The Kier molecular flexibility index (Phi) is 7.22. The number of aromatic nitrogens is 2. The molecule has 33 heavy (non-hydrogen) atoms. The molecule has 0 spiro atoms. The number of rotatable bonds is 8. The van der Waals surface area contributed by atoms with Gasteiger partial charge in [0.25, 0.3) is 5.91 Å². The predicted molar refractivity (Wildman–Crippen MR) is 132 cm³/mol. The highest BCUT2D eigenvalue weighted by Crippen LogP contribution is 2.22. The summed E-state index contributed by atoms with van der Waals surface area (Å²) in [5.41, 5.74) is 4.23. The van der Waals surface area contributed by atoms with Crippen molar-refractivity contribution in [3.63, 3.8) is 0 Å². The summed E-state index contributed by atoms with van der Waals surface area (Å²) in [5.74, 6) is -0.0201. The first kappa shape index (κ1) is 22.4. The normalized spacial score (nSPS) is 10.6. The van der Waals surface area contributed by atoms with Gasteiger partial charge in [0.2, 0.25) is 5.91 Å². The Morgan fingerprint density at radius 3 is 2.58 bits per heavy atom. The molecule has 0 atom stereocenters. The van der Waals surface area contributed by atoms with Crippen LogP contribution in [-0.4, -0.2) is 27.1 Å². The van der Waals surface area contributed by atoms with Gasteiger partial charge < -0.3 is 10.6 Å². The zero-order chi connectivity index (χ0) is 23.0. The van der Waals surface area contributed by atoms with Crippen molar-refractivity contribution in [2.24, 2.45) is 0 Å². The SMILES string of the molecule is Cc1ccccc1NC(=O)CSc1nccn1-c1cccc(C(=O)NCc2ccccc2)c1. The smallest absolute Gasteiger partial charge is 0.251 e. The zero-order valence-electron chi connectivity index (χ0n) is 18.2. The van der Waals surface area contributed by atoms with E-state index in [2.05, 4.69) is 15.6 Å². The number of hydrogen-bond donors (Lipinski definition) is 2. The minimum absolute atomic E-state index is 0.0992. The highest BCUT2D eigenvalue weighted by Gasteiger charge is 2.12. The van der Waals surface area contributed by atoms with Crippen LogP contribution < -0.4 is 10.6 Å². The second-order valence-electron chi connectivity index (χ2n) is 7.45. The summed E-state index contributed by atoms with van der Waals surface area (Å²) in [6.45, 7) is 2.42. The molecule has 6 nitrogen and oxygen atoms in total. The number of hydrogen-bond acceptors (Lipinski definition) is 4. The molecule has 4 aromatic rings. The highest BCUT2D eigenvalue weighted by atomic mass is 32.2. The molecule has 0 saturated heterocycles. The lowest BCUT2D eigenvalue weighted by Crippen LogP contribution is -2.22. The van der Waals surface area contributed by atoms with Crippen molar-refractivity contribution < 1.29 is 9.59 Å². The molecule has 1 heterocycles. The van der Waals surface area contributed by atoms with Crippen LogP contribution in [0, 0.1) is 6.92 Å². The quantitative estimate of drug-likeness (QED) is 0.372. The molecule has 1 aromatic heterocycles. The van der Waals surface area contributed by atoms with E-state index in [0.717, 1.165) is 22.5 Å². The van der Waals surface area contributed by atoms with Gasteiger partial charge >= 0.3 is 0 Å². The molecule has 2 amide bonds. The molecule has 0 aliphatic heterocycles. The molecule has 7 heteroatoms. The molecule has 2 N–H and O–H groups in total. The summed E-state index contributed by atoms with van der Waals surface area (Å²) < 4.78 is 1.87. The molecular formula is C26H24N4O2S. The molecule has 0 fully saturated rings. The van der Waals surface area contributed by atoms with Crippen LogP contribution in [0.15, 0.2) is 96.4 Å². The van der Waals surface area contributed by atoms with Crippen LogP contribution in [0.2, 0.25) is 0 Å². The molecule has 0 bridgehead atoms. The van der Waals surface area contributed by atoms with E-state index in [4.69, 9.17) is 0 Å². The molecule has 166 valence electrons. The van der Waals surface area contributed by atoms with Crippen LogP contribution in [0.4, 0.5) is 5.69 Å². The molecule has 0 saturated carbocycles. The van der Waals surface area contributed by atoms with E-state index in [0.29, 0.717) is 17.3 Å². The first-order valence-electron chi connectivity index (χ1n) is 10.5. The lowest BCUT2D eigenvalue weighted by atomic mass is 10.1. The van der Waals surface area contributed by atoms with E-state index in [-0.39, 0.29) is 17.6 Å². The maximum Gasteiger partial charge on any atom is 0.251 e. The maximum atomic E-state index is 12.6. The minimum Gasteiger partial charge on any atom is -0.348 e. The van der Waals surface area contributed by atoms with Gasteiger partial charge in [0, 0.05) is 35.9 Å². The zero-order valence-corrected chi connectivity index (χ0v) is 19.0. The third kappa shape index (κ3) is 5.90. The Morgan fingerprint density at radius 2 is 1.76 bits per heavy atom. The second kappa shape index (κ2) is 10.7. The predicted octanol–water partition coefficient (Wildman–Crippen LogP) is 4.84. The summed E-state index contributed by atoms with van der Waals surface area (Å²) in [5, 5.41) is 6.56. The Labute approximate surface area is 197 Å². The van der Waals surface area contributed by atoms with E-state index in [1.54, 1.807) is 12.3 Å². The first-order valence-corrected chi connectivity index (χ1v) is 11.5. The number of para-hydroxylation sites is 1. The number of nitrogens with zero attached hydrogens (tertiary/aromatic N) is 2. The van der Waals surface area contributed by atoms with Crippen LogP contribution in [0.3, 0.4) is 0 Å². The summed E-state index contributed by atoms with van der Waals surface area (Å²) in [4.78, 5) is 29.4. The number of benzene rings is 3. The lowest BCUT2D eigenvalue weighted by Gasteiger charge is -2.11. The van der Waals surface area contributed by atoms with Crippen molar-refractivity contribution in [1.29, 1.82) is 0 Å². The summed E-state index contributed by atoms with van der Waals surface area (Å²) >= 11 is 1.34. The third-order valence-electron chi connectivity index (χ3n) is 5.04. The maximum absolute atomic E-state index is 12.6. The standard InChI is InChI=1S/C26H24N4O2S/c1-19-8-5-6-13-23(19)29-24(31)18-33-26-27-14-15-30(26)22-12-7-11-21(16-22)25(32)28-17-20-9-3-2-4-10-20/h2-16H,17-18H2,1H3,(H,28,32)(H,29,31). The van der Waals surface area contributed by atoms with Gasteiger partial charge in [-0.25, -0.2) is 4.98 Å². The Bertz CT molecular complexity index is 1250. The van der Waals surface area contributed by atoms with Gasteiger partial charge in [-0.1, -0.05) is 66.4 Å². The Balaban J connectivity index is 1.40. The van der Waals surface area contributed by atoms with Crippen LogP contribution in [0.1, 0.15) is 21.5 Å². The van der Waals surface area contributed by atoms with E-state index >= 15 is 0 Å². The number of aryl methyl sites for hydroxylation is 1. The van der Waals surface area contributed by atoms with Gasteiger partial charge in [0.1, 0.15) is 0 Å². The van der Waals surface area contributed by atoms with Crippen LogP contribution >= 0.6 is 11.8 Å². The van der Waals surface area contributed by atoms with Gasteiger partial charge in [0.05, 0.1) is 5.75 Å². The lowest BCUT2D eigenvalue weighted by molar-refractivity contribution is -0.113. The largest absolute Gasteiger partial charge is 0.348 e. The molecule has 4 rings (SSSR count). The fraction of sp³-hybridized carbons (Fsp3) is 0.115. The number of amides is 2. The van der Waals surface area contributed by atoms with E-state index < -0.39 is 0 Å². The molecule has 0 unspecified atom stereocenters. The van der Waals surface area contributed by atoms with Gasteiger partial charge in [0.15, 0.2) is 5.16 Å². The van der Waals surface area contributed by atoms with E-state index in [1.165, 1.54) is 11.8 Å². The summed E-state index contributed by atoms with van der Waals surface area (Å²) in [6, 6.07) is 24.8. The van der Waals surface area contributed by atoms with Gasteiger partial charge in [-0.05, 0) is 42.3 Å². The molecular weight excluding hydrogens is 432 g/mol. The second-order valence-corrected chi connectivity index (χ2v) is 8.39. The van der Waals surface area contributed by atoms with Crippen molar-refractivity contribution in [1.82, 2.24) is 14.9 Å². The van der Waals surface area contributed by atoms with Crippen molar-refractivity contribution in [2.75, 3.05) is 11.1 Å². The Morgan fingerprint density at radius 1 is 0.970 bits per heavy atom. The fourth-order valence-electron chi connectivity index (χ4n) is 3.30. The van der Waals surface area contributed by atoms with E-state index in [9.17, 15) is 9.59 Å². The van der Waals surface area contributed by atoms with E-state index in [1.807, 2.05) is 90.5 Å². The average molecular weight is 457 g/mol. The van der Waals surface area contributed by atoms with Gasteiger partial charge in [-0.2, -0.15) is 0 Å². The summed E-state index contributed by atoms with van der Waals surface area (Å²) in [7, 11) is 0. The average Bonchev–Trinajstić information content (AvgIpc) is 3.32. The monoisotopic (exact) mass is 456 g/mol. The Hall–Kier alpha value is -3.84. The molecule has 0 aliphatic rings.